The van der Waals surface area contributed by atoms with E-state index < -0.39 is 5.97 Å². The highest BCUT2D eigenvalue weighted by atomic mass is 79.9. The highest BCUT2D eigenvalue weighted by Gasteiger charge is 2.12. The number of hydrogen-bond donors (Lipinski definition) is 2. The van der Waals surface area contributed by atoms with Crippen molar-refractivity contribution in [1.29, 1.82) is 0 Å². The second-order valence-corrected chi connectivity index (χ2v) is 6.11. The van der Waals surface area contributed by atoms with Gasteiger partial charge in [-0.3, -0.25) is 4.72 Å². The van der Waals surface area contributed by atoms with Gasteiger partial charge in [-0.05, 0) is 66.8 Å². The standard InChI is InChI=1S/C11H14BrNO2S.CH4/c1-11(2,3)13-16-9-6-7(10(14)15)4-5-8(9)12;/h4-6,13H,1-3H3,(H,14,15);1H4. The van der Waals surface area contributed by atoms with Crippen molar-refractivity contribution in [2.45, 2.75) is 38.6 Å². The van der Waals surface area contributed by atoms with Crippen LogP contribution in [0.3, 0.4) is 0 Å². The Balaban J connectivity index is 0.00000256. The van der Waals surface area contributed by atoms with E-state index in [1.54, 1.807) is 18.2 Å². The molecular weight excluding hydrogens is 302 g/mol. The lowest BCUT2D eigenvalue weighted by atomic mass is 10.1. The number of benzene rings is 1. The molecule has 0 atom stereocenters. The highest BCUT2D eigenvalue weighted by Crippen LogP contribution is 2.28. The average molecular weight is 320 g/mol. The van der Waals surface area contributed by atoms with Crippen LogP contribution in [0.4, 0.5) is 0 Å². The largest absolute Gasteiger partial charge is 0.478 e. The molecular formula is C12H18BrNO2S. The molecule has 1 rings (SSSR count). The van der Waals surface area contributed by atoms with Gasteiger partial charge in [0.25, 0.3) is 0 Å². The van der Waals surface area contributed by atoms with Gasteiger partial charge in [0.05, 0.1) is 5.56 Å². The van der Waals surface area contributed by atoms with Crippen molar-refractivity contribution in [2.75, 3.05) is 0 Å². The zero-order chi connectivity index (χ0) is 12.3. The molecule has 5 heteroatoms. The lowest BCUT2D eigenvalue weighted by molar-refractivity contribution is 0.0696. The van der Waals surface area contributed by atoms with Gasteiger partial charge in [0.2, 0.25) is 0 Å². The Hall–Kier alpha value is -0.520. The Morgan fingerprint density at radius 2 is 2.00 bits per heavy atom. The van der Waals surface area contributed by atoms with Gasteiger partial charge in [-0.25, -0.2) is 4.79 Å². The van der Waals surface area contributed by atoms with E-state index in [-0.39, 0.29) is 13.0 Å². The summed E-state index contributed by atoms with van der Waals surface area (Å²) in [4.78, 5) is 11.7. The summed E-state index contributed by atoms with van der Waals surface area (Å²) in [6.07, 6.45) is 0. The van der Waals surface area contributed by atoms with Crippen molar-refractivity contribution in [3.05, 3.63) is 28.2 Å². The molecule has 0 unspecified atom stereocenters. The predicted molar refractivity (Wildman–Crippen MR) is 76.6 cm³/mol. The van der Waals surface area contributed by atoms with Gasteiger partial charge < -0.3 is 5.11 Å². The molecule has 0 heterocycles. The van der Waals surface area contributed by atoms with Crippen LogP contribution in [0.1, 0.15) is 38.6 Å². The average Bonchev–Trinajstić information content (AvgIpc) is 2.14. The molecule has 0 amide bonds. The fraction of sp³-hybridized carbons (Fsp3) is 0.417. The zero-order valence-electron chi connectivity index (χ0n) is 9.37. The first-order valence-corrected chi connectivity index (χ1v) is 6.37. The molecule has 0 spiro atoms. The minimum atomic E-state index is -0.912. The van der Waals surface area contributed by atoms with E-state index in [1.165, 1.54) is 11.9 Å². The Bertz CT molecular complexity index is 402. The van der Waals surface area contributed by atoms with E-state index in [2.05, 4.69) is 41.4 Å². The van der Waals surface area contributed by atoms with Crippen molar-refractivity contribution in [2.24, 2.45) is 0 Å². The summed E-state index contributed by atoms with van der Waals surface area (Å²) in [6, 6.07) is 4.97. The Labute approximate surface area is 115 Å². The first kappa shape index (κ1) is 16.5. The van der Waals surface area contributed by atoms with E-state index >= 15 is 0 Å². The van der Waals surface area contributed by atoms with Crippen LogP contribution in [-0.2, 0) is 0 Å². The number of carboxylic acids is 1. The quantitative estimate of drug-likeness (QED) is 0.820. The molecule has 2 N–H and O–H groups in total. The monoisotopic (exact) mass is 319 g/mol. The molecule has 0 aromatic heterocycles. The van der Waals surface area contributed by atoms with E-state index in [0.29, 0.717) is 5.56 Å². The Kier molecular flexibility index (Phi) is 6.23. The summed E-state index contributed by atoms with van der Waals surface area (Å²) in [7, 11) is 0. The lowest BCUT2D eigenvalue weighted by Gasteiger charge is -2.19. The fourth-order valence-corrected chi connectivity index (χ4v) is 2.18. The van der Waals surface area contributed by atoms with Crippen molar-refractivity contribution >= 4 is 33.8 Å². The molecule has 17 heavy (non-hydrogen) atoms. The van der Waals surface area contributed by atoms with Gasteiger partial charge in [-0.15, -0.1) is 0 Å². The fourth-order valence-electron chi connectivity index (χ4n) is 0.923. The zero-order valence-corrected chi connectivity index (χ0v) is 11.8. The molecule has 3 nitrogen and oxygen atoms in total. The number of rotatable bonds is 3. The van der Waals surface area contributed by atoms with Gasteiger partial charge in [0, 0.05) is 14.9 Å². The third kappa shape index (κ3) is 5.57. The molecule has 0 saturated carbocycles. The van der Waals surface area contributed by atoms with Crippen LogP contribution in [0.15, 0.2) is 27.6 Å². The maximum atomic E-state index is 10.8. The van der Waals surface area contributed by atoms with Gasteiger partial charge in [-0.1, -0.05) is 7.43 Å². The van der Waals surface area contributed by atoms with Gasteiger partial charge >= 0.3 is 5.97 Å². The van der Waals surface area contributed by atoms with Crippen molar-refractivity contribution in [3.63, 3.8) is 0 Å². The molecule has 0 aliphatic rings. The number of halogens is 1. The van der Waals surface area contributed by atoms with Crippen molar-refractivity contribution < 1.29 is 9.90 Å². The maximum Gasteiger partial charge on any atom is 0.335 e. The number of aromatic carboxylic acids is 1. The van der Waals surface area contributed by atoms with Crippen LogP contribution >= 0.6 is 27.9 Å². The molecule has 1 aromatic rings. The van der Waals surface area contributed by atoms with E-state index in [1.807, 2.05) is 0 Å². The maximum absolute atomic E-state index is 10.8. The minimum Gasteiger partial charge on any atom is -0.478 e. The van der Waals surface area contributed by atoms with Gasteiger partial charge in [0.15, 0.2) is 0 Å². The number of hydrogen-bond acceptors (Lipinski definition) is 3. The summed E-state index contributed by atoms with van der Waals surface area (Å²) in [5, 5.41) is 8.88. The predicted octanol–water partition coefficient (Wildman–Crippen LogP) is 4.18. The van der Waals surface area contributed by atoms with E-state index in [4.69, 9.17) is 5.11 Å². The SMILES string of the molecule is C.CC(C)(C)NSc1cc(C(=O)O)ccc1Br. The normalized spacial score (nSPS) is 10.8. The number of carbonyl (C=O) groups is 1. The second kappa shape index (κ2) is 6.42. The van der Waals surface area contributed by atoms with E-state index in [9.17, 15) is 4.79 Å². The first-order chi connectivity index (χ1) is 7.29. The topological polar surface area (TPSA) is 49.3 Å². The molecule has 0 fully saturated rings. The summed E-state index contributed by atoms with van der Waals surface area (Å²) < 4.78 is 4.13. The van der Waals surface area contributed by atoms with E-state index in [0.717, 1.165) is 9.37 Å². The smallest absolute Gasteiger partial charge is 0.335 e. The van der Waals surface area contributed by atoms with Crippen LogP contribution in [0.2, 0.25) is 0 Å². The second-order valence-electron chi connectivity index (χ2n) is 4.40. The van der Waals surface area contributed by atoms with Crippen molar-refractivity contribution in [1.82, 2.24) is 4.72 Å². The number of nitrogens with one attached hydrogen (secondary N) is 1. The summed E-state index contributed by atoms with van der Waals surface area (Å²) in [5.74, 6) is -0.912. The molecule has 0 saturated heterocycles. The minimum absolute atomic E-state index is 0. The lowest BCUT2D eigenvalue weighted by Crippen LogP contribution is -2.29. The highest BCUT2D eigenvalue weighted by molar-refractivity contribution is 9.10. The van der Waals surface area contributed by atoms with Crippen LogP contribution < -0.4 is 4.72 Å². The van der Waals surface area contributed by atoms with Crippen LogP contribution in [0, 0.1) is 0 Å². The number of carboxylic acid groups (broad SMARTS) is 1. The third-order valence-electron chi connectivity index (χ3n) is 1.65. The van der Waals surface area contributed by atoms with Crippen molar-refractivity contribution in [3.8, 4) is 0 Å². The summed E-state index contributed by atoms with van der Waals surface area (Å²) in [6.45, 7) is 6.15. The molecule has 0 aliphatic carbocycles. The Morgan fingerprint density at radius 3 is 2.47 bits per heavy atom. The molecule has 0 radical (unpaired) electrons. The molecule has 96 valence electrons. The third-order valence-corrected chi connectivity index (χ3v) is 3.87. The summed E-state index contributed by atoms with van der Waals surface area (Å²) >= 11 is 4.82. The van der Waals surface area contributed by atoms with Crippen LogP contribution in [-0.4, -0.2) is 16.6 Å². The molecule has 1 aromatic carbocycles. The summed E-state index contributed by atoms with van der Waals surface area (Å²) in [5.41, 5.74) is 0.269. The van der Waals surface area contributed by atoms with Gasteiger partial charge in [-0.2, -0.15) is 0 Å². The molecule has 0 aliphatic heterocycles. The van der Waals surface area contributed by atoms with Gasteiger partial charge in [0.1, 0.15) is 0 Å². The first-order valence-electron chi connectivity index (χ1n) is 4.76. The molecule has 0 bridgehead atoms. The van der Waals surface area contributed by atoms with Crippen LogP contribution in [0.25, 0.3) is 0 Å². The van der Waals surface area contributed by atoms with Crippen LogP contribution in [0.5, 0.6) is 0 Å². The Morgan fingerprint density at radius 1 is 1.41 bits per heavy atom.